The van der Waals surface area contributed by atoms with Gasteiger partial charge in [-0.3, -0.25) is 0 Å². The Morgan fingerprint density at radius 2 is 1.16 bits per heavy atom. The molecule has 0 N–H and O–H groups in total. The average Bonchev–Trinajstić information content (AvgIpc) is 3.30. The third kappa shape index (κ3) is 4.15. The fourth-order valence-electron chi connectivity index (χ4n) is 3.41. The molecule has 5 aromatic rings. The van der Waals surface area contributed by atoms with Crippen molar-refractivity contribution in [1.29, 1.82) is 0 Å². The van der Waals surface area contributed by atoms with E-state index in [9.17, 15) is 4.39 Å². The lowest BCUT2D eigenvalue weighted by atomic mass is 10.0. The summed E-state index contributed by atoms with van der Waals surface area (Å²) in [7, 11) is 0. The van der Waals surface area contributed by atoms with Crippen LogP contribution < -0.4 is 0 Å². The van der Waals surface area contributed by atoms with Crippen LogP contribution in [0.1, 0.15) is 0 Å². The molecular weight excluding hydrogens is 446 g/mol. The van der Waals surface area contributed by atoms with Gasteiger partial charge in [0.05, 0.1) is 5.69 Å². The van der Waals surface area contributed by atoms with E-state index in [2.05, 4.69) is 10.2 Å². The first-order chi connectivity index (χ1) is 15.6. The smallest absolute Gasteiger partial charge is 0.137 e. The fraction of sp³-hybridized carbons (Fsp3) is 0. The van der Waals surface area contributed by atoms with Crippen molar-refractivity contribution in [2.45, 2.75) is 0 Å². The minimum Gasteiger partial charge on any atom is -0.456 e. The average molecular weight is 461 g/mol. The number of hydrogen-bond acceptors (Lipinski definition) is 3. The second-order valence-electron chi connectivity index (χ2n) is 7.18. The molecule has 2 heterocycles. The summed E-state index contributed by atoms with van der Waals surface area (Å²) in [5.41, 5.74) is 4.66. The highest BCUT2D eigenvalue weighted by Gasteiger charge is 2.16. The van der Waals surface area contributed by atoms with Crippen LogP contribution in [0.4, 0.5) is 4.39 Å². The van der Waals surface area contributed by atoms with E-state index in [-0.39, 0.29) is 5.82 Å². The molecule has 5 rings (SSSR count). The zero-order chi connectivity index (χ0) is 22.1. The number of rotatable bonds is 4. The lowest BCUT2D eigenvalue weighted by molar-refractivity contribution is 0.596. The first-order valence-corrected chi connectivity index (χ1v) is 10.6. The quantitative estimate of drug-likeness (QED) is 0.271. The molecule has 0 spiro atoms. The van der Waals surface area contributed by atoms with Crippen LogP contribution in [0, 0.1) is 5.82 Å². The Morgan fingerprint density at radius 3 is 1.81 bits per heavy atom. The summed E-state index contributed by atoms with van der Waals surface area (Å²) in [4.78, 5) is 0. The maximum absolute atomic E-state index is 13.3. The van der Waals surface area contributed by atoms with E-state index in [4.69, 9.17) is 27.6 Å². The lowest BCUT2D eigenvalue weighted by Crippen LogP contribution is -1.95. The number of halogens is 3. The predicted molar refractivity (Wildman–Crippen MR) is 126 cm³/mol. The predicted octanol–water partition coefficient (Wildman–Crippen LogP) is 8.18. The third-order valence-corrected chi connectivity index (χ3v) is 5.56. The summed E-state index contributed by atoms with van der Waals surface area (Å²) in [5, 5.41) is 10.2. The van der Waals surface area contributed by atoms with Crippen LogP contribution in [-0.2, 0) is 0 Å². The number of hydrogen-bond donors (Lipinski definition) is 0. The van der Waals surface area contributed by atoms with E-state index in [0.29, 0.717) is 33.0 Å². The number of aromatic nitrogens is 2. The molecule has 0 aliphatic carbocycles. The Labute approximate surface area is 194 Å². The first-order valence-electron chi connectivity index (χ1n) is 9.82. The Morgan fingerprint density at radius 1 is 0.594 bits per heavy atom. The Bertz CT molecular complexity index is 1380. The van der Waals surface area contributed by atoms with Crippen molar-refractivity contribution in [2.24, 2.45) is 0 Å². The molecule has 156 valence electrons. The van der Waals surface area contributed by atoms with Crippen molar-refractivity contribution in [3.63, 3.8) is 0 Å². The van der Waals surface area contributed by atoms with Gasteiger partial charge in [0.15, 0.2) is 0 Å². The van der Waals surface area contributed by atoms with Gasteiger partial charge in [-0.25, -0.2) is 4.39 Å². The van der Waals surface area contributed by atoms with E-state index >= 15 is 0 Å². The molecule has 0 aliphatic rings. The minimum atomic E-state index is -0.295. The first kappa shape index (κ1) is 20.4. The Kier molecular flexibility index (Phi) is 5.48. The molecule has 0 radical (unpaired) electrons. The Hall–Kier alpha value is -3.47. The van der Waals surface area contributed by atoms with E-state index in [1.807, 2.05) is 66.7 Å². The molecule has 2 aromatic heterocycles. The van der Waals surface area contributed by atoms with Crippen molar-refractivity contribution >= 4 is 23.2 Å². The molecule has 0 aliphatic heterocycles. The molecule has 0 atom stereocenters. The van der Waals surface area contributed by atoms with E-state index in [1.54, 1.807) is 12.1 Å². The normalized spacial score (nSPS) is 11.0. The van der Waals surface area contributed by atoms with Crippen LogP contribution in [0.25, 0.3) is 45.2 Å². The number of nitrogens with zero attached hydrogens (tertiary/aromatic N) is 2. The van der Waals surface area contributed by atoms with Gasteiger partial charge in [-0.1, -0.05) is 47.5 Å². The van der Waals surface area contributed by atoms with E-state index in [0.717, 1.165) is 22.3 Å². The van der Waals surface area contributed by atoms with Crippen LogP contribution in [0.15, 0.2) is 95.4 Å². The highest BCUT2D eigenvalue weighted by Crippen LogP contribution is 2.36. The van der Waals surface area contributed by atoms with Crippen molar-refractivity contribution < 1.29 is 8.81 Å². The van der Waals surface area contributed by atoms with Crippen molar-refractivity contribution in [3.05, 3.63) is 107 Å². The number of benzene rings is 3. The minimum absolute atomic E-state index is 0.295. The molecule has 0 saturated carbocycles. The summed E-state index contributed by atoms with van der Waals surface area (Å²) < 4.78 is 19.5. The Balaban J connectivity index is 1.64. The maximum Gasteiger partial charge on any atom is 0.137 e. The van der Waals surface area contributed by atoms with Gasteiger partial charge in [-0.2, -0.15) is 0 Å². The third-order valence-electron chi connectivity index (χ3n) is 5.05. The van der Waals surface area contributed by atoms with Gasteiger partial charge in [0.25, 0.3) is 0 Å². The topological polar surface area (TPSA) is 38.9 Å². The monoisotopic (exact) mass is 460 g/mol. The maximum atomic E-state index is 13.3. The van der Waals surface area contributed by atoms with Crippen LogP contribution in [-0.4, -0.2) is 10.2 Å². The van der Waals surface area contributed by atoms with Crippen molar-refractivity contribution in [1.82, 2.24) is 10.2 Å². The fourth-order valence-corrected chi connectivity index (χ4v) is 3.67. The van der Waals surface area contributed by atoms with Crippen molar-refractivity contribution in [3.8, 4) is 45.2 Å². The molecule has 32 heavy (non-hydrogen) atoms. The van der Waals surface area contributed by atoms with Crippen LogP contribution in [0.3, 0.4) is 0 Å². The summed E-state index contributed by atoms with van der Waals surface area (Å²) >= 11 is 12.1. The van der Waals surface area contributed by atoms with Gasteiger partial charge in [0.2, 0.25) is 0 Å². The molecule has 0 saturated heterocycles. The van der Waals surface area contributed by atoms with Gasteiger partial charge in [-0.15, -0.1) is 10.2 Å². The van der Waals surface area contributed by atoms with Gasteiger partial charge < -0.3 is 4.42 Å². The SMILES string of the molecule is Fc1ccc(-c2ccc(-c3cc(-c4ccc(Cl)cc4)nnc3-c3ccc(Cl)cc3)o2)cc1. The molecular formula is C26H15Cl2FN2O. The van der Waals surface area contributed by atoms with Gasteiger partial charge in [0.1, 0.15) is 23.0 Å². The van der Waals surface area contributed by atoms with Gasteiger partial charge in [0, 0.05) is 32.3 Å². The lowest BCUT2D eigenvalue weighted by Gasteiger charge is -2.09. The van der Waals surface area contributed by atoms with Crippen LogP contribution in [0.2, 0.25) is 10.0 Å². The molecule has 0 bridgehead atoms. The van der Waals surface area contributed by atoms with Crippen molar-refractivity contribution in [2.75, 3.05) is 0 Å². The van der Waals surface area contributed by atoms with Crippen LogP contribution in [0.5, 0.6) is 0 Å². The summed E-state index contributed by atoms with van der Waals surface area (Å²) in [5.74, 6) is 0.961. The largest absolute Gasteiger partial charge is 0.456 e. The zero-order valence-corrected chi connectivity index (χ0v) is 18.1. The second kappa shape index (κ2) is 8.58. The molecule has 0 unspecified atom stereocenters. The van der Waals surface area contributed by atoms with E-state index < -0.39 is 0 Å². The molecule has 0 amide bonds. The highest BCUT2D eigenvalue weighted by molar-refractivity contribution is 6.30. The van der Waals surface area contributed by atoms with Gasteiger partial charge in [-0.05, 0) is 66.7 Å². The summed E-state index contributed by atoms with van der Waals surface area (Å²) in [6, 6.07) is 26.7. The number of furan rings is 1. The van der Waals surface area contributed by atoms with Crippen LogP contribution >= 0.6 is 23.2 Å². The summed E-state index contributed by atoms with van der Waals surface area (Å²) in [6.07, 6.45) is 0. The van der Waals surface area contributed by atoms with E-state index in [1.165, 1.54) is 12.1 Å². The standard InChI is InChI=1S/C26H15Cl2FN2O/c27-19-7-1-16(2-8-19)23-15-22(26(31-30-23)18-3-9-20(28)10-4-18)25-14-13-24(32-25)17-5-11-21(29)12-6-17/h1-15H. The molecule has 0 fully saturated rings. The molecule has 3 aromatic carbocycles. The second-order valence-corrected chi connectivity index (χ2v) is 8.05. The van der Waals surface area contributed by atoms with Gasteiger partial charge >= 0.3 is 0 Å². The summed E-state index contributed by atoms with van der Waals surface area (Å²) in [6.45, 7) is 0. The molecule has 3 nitrogen and oxygen atoms in total. The molecule has 6 heteroatoms. The zero-order valence-electron chi connectivity index (χ0n) is 16.6. The highest BCUT2D eigenvalue weighted by atomic mass is 35.5.